The molecule has 0 bridgehead atoms. The minimum absolute atomic E-state index is 0.205. The Labute approximate surface area is 117 Å². The van der Waals surface area contributed by atoms with E-state index in [1.54, 1.807) is 0 Å². The molecule has 3 nitrogen and oxygen atoms in total. The van der Waals surface area contributed by atoms with Crippen LogP contribution in [-0.4, -0.2) is 24.5 Å². The molecule has 0 spiro atoms. The normalized spacial score (nSPS) is 35.9. The average Bonchev–Trinajstić information content (AvgIpc) is 2.39. The zero-order valence-corrected chi connectivity index (χ0v) is 12.6. The molecule has 3 atom stereocenters. The number of amides is 1. The zero-order chi connectivity index (χ0) is 13.7. The highest BCUT2D eigenvalue weighted by Crippen LogP contribution is 2.30. The zero-order valence-electron chi connectivity index (χ0n) is 12.6. The summed E-state index contributed by atoms with van der Waals surface area (Å²) in [6, 6.07) is 0. The topological polar surface area (TPSA) is 41.1 Å². The standard InChI is InChI=1S/C16H30N2O/c1-13-6-5-7-14(12-13)8-11-17-15(19)16(2)9-3-4-10-18-16/h13-14,18H,3-12H2,1-2H3,(H,17,19). The number of nitrogens with one attached hydrogen (secondary N) is 2. The van der Waals surface area contributed by atoms with Crippen LogP contribution in [0.15, 0.2) is 0 Å². The SMILES string of the molecule is CC1CCCC(CCNC(=O)C2(C)CCCCN2)C1. The number of rotatable bonds is 4. The lowest BCUT2D eigenvalue weighted by atomic mass is 9.81. The number of carbonyl (C=O) groups excluding carboxylic acids is 1. The number of hydrogen-bond acceptors (Lipinski definition) is 2. The molecule has 0 aromatic heterocycles. The molecule has 1 saturated heterocycles. The Morgan fingerprint density at radius 1 is 1.32 bits per heavy atom. The molecule has 1 amide bonds. The van der Waals surface area contributed by atoms with E-state index in [4.69, 9.17) is 0 Å². The Morgan fingerprint density at radius 3 is 2.84 bits per heavy atom. The fraction of sp³-hybridized carbons (Fsp3) is 0.938. The van der Waals surface area contributed by atoms with Gasteiger partial charge in [-0.15, -0.1) is 0 Å². The van der Waals surface area contributed by atoms with Crippen LogP contribution in [0.25, 0.3) is 0 Å². The highest BCUT2D eigenvalue weighted by molar-refractivity contribution is 5.85. The fourth-order valence-corrected chi connectivity index (χ4v) is 3.66. The molecule has 1 aliphatic heterocycles. The van der Waals surface area contributed by atoms with Crippen molar-refractivity contribution in [3.8, 4) is 0 Å². The van der Waals surface area contributed by atoms with E-state index >= 15 is 0 Å². The highest BCUT2D eigenvalue weighted by atomic mass is 16.2. The highest BCUT2D eigenvalue weighted by Gasteiger charge is 2.33. The molecule has 2 rings (SSSR count). The van der Waals surface area contributed by atoms with Crippen LogP contribution in [0.3, 0.4) is 0 Å². The van der Waals surface area contributed by atoms with E-state index in [0.717, 1.165) is 44.2 Å². The Morgan fingerprint density at radius 2 is 2.16 bits per heavy atom. The molecule has 1 aliphatic carbocycles. The van der Waals surface area contributed by atoms with Gasteiger partial charge in [-0.2, -0.15) is 0 Å². The van der Waals surface area contributed by atoms with Crippen molar-refractivity contribution in [1.29, 1.82) is 0 Å². The van der Waals surface area contributed by atoms with Crippen molar-refractivity contribution in [1.82, 2.24) is 10.6 Å². The summed E-state index contributed by atoms with van der Waals surface area (Å²) in [6.45, 7) is 6.24. The van der Waals surface area contributed by atoms with Crippen molar-refractivity contribution in [3.05, 3.63) is 0 Å². The van der Waals surface area contributed by atoms with E-state index in [1.807, 2.05) is 6.92 Å². The van der Waals surface area contributed by atoms with Crippen molar-refractivity contribution in [2.24, 2.45) is 11.8 Å². The summed E-state index contributed by atoms with van der Waals surface area (Å²) in [7, 11) is 0. The summed E-state index contributed by atoms with van der Waals surface area (Å²) in [4.78, 5) is 12.3. The lowest BCUT2D eigenvalue weighted by Gasteiger charge is -2.34. The van der Waals surface area contributed by atoms with Crippen LogP contribution in [0.4, 0.5) is 0 Å². The first-order chi connectivity index (χ1) is 9.10. The summed E-state index contributed by atoms with van der Waals surface area (Å²) in [6.07, 6.45) is 9.97. The van der Waals surface area contributed by atoms with Gasteiger partial charge in [-0.05, 0) is 57.4 Å². The summed E-state index contributed by atoms with van der Waals surface area (Å²) < 4.78 is 0. The number of carbonyl (C=O) groups is 1. The second kappa shape index (κ2) is 6.74. The molecule has 0 radical (unpaired) electrons. The van der Waals surface area contributed by atoms with Crippen LogP contribution in [0.2, 0.25) is 0 Å². The van der Waals surface area contributed by atoms with Crippen LogP contribution in [0.5, 0.6) is 0 Å². The maximum atomic E-state index is 12.3. The Balaban J connectivity index is 1.68. The van der Waals surface area contributed by atoms with Crippen LogP contribution in [-0.2, 0) is 4.79 Å². The van der Waals surface area contributed by atoms with Gasteiger partial charge in [-0.1, -0.05) is 26.2 Å². The van der Waals surface area contributed by atoms with E-state index < -0.39 is 0 Å². The Bertz CT molecular complexity index is 297. The van der Waals surface area contributed by atoms with Crippen molar-refractivity contribution < 1.29 is 4.79 Å². The van der Waals surface area contributed by atoms with Gasteiger partial charge in [0.2, 0.25) is 5.91 Å². The molecule has 2 fully saturated rings. The van der Waals surface area contributed by atoms with Crippen LogP contribution in [0, 0.1) is 11.8 Å². The average molecular weight is 266 g/mol. The molecule has 1 saturated carbocycles. The molecule has 0 aromatic rings. The summed E-state index contributed by atoms with van der Waals surface area (Å²) in [5, 5.41) is 6.53. The predicted molar refractivity (Wildman–Crippen MR) is 79.0 cm³/mol. The Hall–Kier alpha value is -0.570. The molecule has 1 heterocycles. The molecular formula is C16H30N2O. The minimum Gasteiger partial charge on any atom is -0.354 e. The molecule has 0 aromatic carbocycles. The van der Waals surface area contributed by atoms with Crippen molar-refractivity contribution in [3.63, 3.8) is 0 Å². The summed E-state index contributed by atoms with van der Waals surface area (Å²) in [5.74, 6) is 1.92. The quantitative estimate of drug-likeness (QED) is 0.821. The smallest absolute Gasteiger partial charge is 0.240 e. The third kappa shape index (κ3) is 4.20. The first-order valence-electron chi connectivity index (χ1n) is 8.13. The van der Waals surface area contributed by atoms with Crippen molar-refractivity contribution in [2.75, 3.05) is 13.1 Å². The molecule has 19 heavy (non-hydrogen) atoms. The third-order valence-corrected chi connectivity index (χ3v) is 5.00. The largest absolute Gasteiger partial charge is 0.354 e. The molecule has 3 heteroatoms. The third-order valence-electron chi connectivity index (χ3n) is 5.00. The second-order valence-electron chi connectivity index (χ2n) is 6.90. The van der Waals surface area contributed by atoms with Gasteiger partial charge in [0, 0.05) is 6.54 Å². The maximum absolute atomic E-state index is 12.3. The molecule has 2 aliphatic rings. The molecule has 2 N–H and O–H groups in total. The van der Waals surface area contributed by atoms with E-state index in [1.165, 1.54) is 32.1 Å². The number of piperidine rings is 1. The molecule has 110 valence electrons. The lowest BCUT2D eigenvalue weighted by molar-refractivity contribution is -0.128. The van der Waals surface area contributed by atoms with Gasteiger partial charge in [-0.25, -0.2) is 0 Å². The first kappa shape index (κ1) is 14.8. The molecule has 3 unspecified atom stereocenters. The van der Waals surface area contributed by atoms with Crippen LogP contribution >= 0.6 is 0 Å². The van der Waals surface area contributed by atoms with Gasteiger partial charge in [0.25, 0.3) is 0 Å². The van der Waals surface area contributed by atoms with E-state index in [-0.39, 0.29) is 11.4 Å². The Kier molecular flexibility index (Phi) is 5.26. The second-order valence-corrected chi connectivity index (χ2v) is 6.90. The maximum Gasteiger partial charge on any atom is 0.240 e. The fourth-order valence-electron chi connectivity index (χ4n) is 3.66. The van der Waals surface area contributed by atoms with Crippen LogP contribution in [0.1, 0.15) is 65.2 Å². The lowest BCUT2D eigenvalue weighted by Crippen LogP contribution is -2.57. The predicted octanol–water partition coefficient (Wildman–Crippen LogP) is 2.85. The van der Waals surface area contributed by atoms with Gasteiger partial charge < -0.3 is 10.6 Å². The van der Waals surface area contributed by atoms with E-state index in [9.17, 15) is 4.79 Å². The van der Waals surface area contributed by atoms with Gasteiger partial charge >= 0.3 is 0 Å². The van der Waals surface area contributed by atoms with Crippen molar-refractivity contribution >= 4 is 5.91 Å². The first-order valence-corrected chi connectivity index (χ1v) is 8.13. The van der Waals surface area contributed by atoms with Crippen LogP contribution < -0.4 is 10.6 Å². The van der Waals surface area contributed by atoms with Crippen molar-refractivity contribution in [2.45, 2.75) is 70.8 Å². The van der Waals surface area contributed by atoms with E-state index in [2.05, 4.69) is 17.6 Å². The summed E-state index contributed by atoms with van der Waals surface area (Å²) in [5.41, 5.74) is -0.321. The van der Waals surface area contributed by atoms with Gasteiger partial charge in [0.05, 0.1) is 5.54 Å². The van der Waals surface area contributed by atoms with Gasteiger partial charge in [-0.3, -0.25) is 4.79 Å². The monoisotopic (exact) mass is 266 g/mol. The van der Waals surface area contributed by atoms with Gasteiger partial charge in [0.1, 0.15) is 0 Å². The molecular weight excluding hydrogens is 236 g/mol. The summed E-state index contributed by atoms with van der Waals surface area (Å²) >= 11 is 0. The number of hydrogen-bond donors (Lipinski definition) is 2. The minimum atomic E-state index is -0.321. The van der Waals surface area contributed by atoms with Gasteiger partial charge in [0.15, 0.2) is 0 Å². The van der Waals surface area contributed by atoms with E-state index in [0.29, 0.717) is 0 Å².